The van der Waals surface area contributed by atoms with Gasteiger partial charge in [-0.25, -0.2) is 19.1 Å². The third-order valence-electron chi connectivity index (χ3n) is 4.58. The van der Waals surface area contributed by atoms with E-state index in [1.54, 1.807) is 6.92 Å². The first-order valence-corrected chi connectivity index (χ1v) is 8.89. The van der Waals surface area contributed by atoms with Gasteiger partial charge in [0.2, 0.25) is 5.91 Å². The molecule has 30 heavy (non-hydrogen) atoms. The van der Waals surface area contributed by atoms with Crippen molar-refractivity contribution in [2.75, 3.05) is 19.5 Å². The minimum absolute atomic E-state index is 0.120. The normalized spacial score (nSPS) is 10.7. The monoisotopic (exact) mass is 412 g/mol. The summed E-state index contributed by atoms with van der Waals surface area (Å²) in [5.41, 5.74) is 0.169. The number of anilines is 1. The van der Waals surface area contributed by atoms with Crippen molar-refractivity contribution < 1.29 is 19.1 Å². The summed E-state index contributed by atoms with van der Waals surface area (Å²) in [4.78, 5) is 53.7. The lowest BCUT2D eigenvalue weighted by Gasteiger charge is -2.13. The molecule has 3 aromatic rings. The summed E-state index contributed by atoms with van der Waals surface area (Å²) in [6, 6.07) is 6.01. The van der Waals surface area contributed by atoms with Gasteiger partial charge in [0.25, 0.3) is 5.56 Å². The Labute approximate surface area is 170 Å². The Kier molecular flexibility index (Phi) is 5.67. The Bertz CT molecular complexity index is 1260. The summed E-state index contributed by atoms with van der Waals surface area (Å²) in [7, 11) is 4.15. The lowest BCUT2D eigenvalue weighted by Crippen LogP contribution is -2.42. The second-order valence-corrected chi connectivity index (χ2v) is 6.52. The van der Waals surface area contributed by atoms with Crippen LogP contribution in [0.15, 0.2) is 40.1 Å². The molecule has 0 fully saturated rings. The molecule has 0 saturated carbocycles. The molecule has 10 nitrogen and oxygen atoms in total. The summed E-state index contributed by atoms with van der Waals surface area (Å²) in [5, 5.41) is 2.71. The van der Waals surface area contributed by atoms with Gasteiger partial charge in [0.15, 0.2) is 5.65 Å². The van der Waals surface area contributed by atoms with Crippen LogP contribution in [0, 0.1) is 6.92 Å². The van der Waals surface area contributed by atoms with E-state index < -0.39 is 29.7 Å². The van der Waals surface area contributed by atoms with Gasteiger partial charge in [-0.3, -0.25) is 14.2 Å². The lowest BCUT2D eigenvalue weighted by atomic mass is 10.2. The smallest absolute Gasteiger partial charge is 0.337 e. The van der Waals surface area contributed by atoms with E-state index in [2.05, 4.69) is 15.0 Å². The van der Waals surface area contributed by atoms with Crippen molar-refractivity contribution in [1.29, 1.82) is 0 Å². The summed E-state index contributed by atoms with van der Waals surface area (Å²) in [5.74, 6) is -0.788. The van der Waals surface area contributed by atoms with Crippen LogP contribution < -0.4 is 21.3 Å². The van der Waals surface area contributed by atoms with E-state index in [4.69, 9.17) is 4.74 Å². The molecule has 1 amide bonds. The zero-order valence-corrected chi connectivity index (χ0v) is 16.9. The van der Waals surface area contributed by atoms with E-state index in [9.17, 15) is 19.2 Å². The number of rotatable bonds is 5. The number of methoxy groups -OCH3 is 2. The quantitative estimate of drug-likeness (QED) is 0.616. The Morgan fingerprint density at radius 2 is 1.80 bits per heavy atom. The highest BCUT2D eigenvalue weighted by Gasteiger charge is 2.19. The number of carbonyl (C=O) groups excluding carboxylic acids is 2. The Morgan fingerprint density at radius 3 is 2.40 bits per heavy atom. The molecule has 0 aliphatic heterocycles. The molecule has 10 heteroatoms. The van der Waals surface area contributed by atoms with Crippen LogP contribution in [-0.4, -0.2) is 40.2 Å². The van der Waals surface area contributed by atoms with Crippen LogP contribution >= 0.6 is 0 Å². The van der Waals surface area contributed by atoms with Gasteiger partial charge in [0, 0.05) is 24.5 Å². The molecule has 0 aliphatic carbocycles. The molecule has 1 aromatic carbocycles. The zero-order valence-electron chi connectivity index (χ0n) is 16.9. The average Bonchev–Trinajstić information content (AvgIpc) is 2.74. The van der Waals surface area contributed by atoms with E-state index in [1.165, 1.54) is 56.3 Å². The molecule has 156 valence electrons. The molecular formula is C20H20N4O6. The first-order chi connectivity index (χ1) is 14.3. The Hall–Kier alpha value is -3.95. The predicted molar refractivity (Wildman–Crippen MR) is 109 cm³/mol. The minimum Gasteiger partial charge on any atom is -0.495 e. The van der Waals surface area contributed by atoms with Gasteiger partial charge in [-0.1, -0.05) is 0 Å². The van der Waals surface area contributed by atoms with Gasteiger partial charge < -0.3 is 14.8 Å². The fourth-order valence-electron chi connectivity index (χ4n) is 3.07. The van der Waals surface area contributed by atoms with Crippen molar-refractivity contribution in [1.82, 2.24) is 14.1 Å². The molecular weight excluding hydrogens is 392 g/mol. The summed E-state index contributed by atoms with van der Waals surface area (Å²) >= 11 is 0. The van der Waals surface area contributed by atoms with Crippen LogP contribution in [0.25, 0.3) is 11.0 Å². The lowest BCUT2D eigenvalue weighted by molar-refractivity contribution is -0.116. The number of nitrogens with one attached hydrogen (secondary N) is 1. The largest absolute Gasteiger partial charge is 0.495 e. The molecule has 0 saturated heterocycles. The van der Waals surface area contributed by atoms with Crippen molar-refractivity contribution in [3.8, 4) is 5.75 Å². The number of aromatic nitrogens is 3. The number of benzene rings is 1. The molecule has 3 rings (SSSR count). The fraction of sp³-hybridized carbons (Fsp3) is 0.250. The van der Waals surface area contributed by atoms with Gasteiger partial charge in [-0.15, -0.1) is 0 Å². The van der Waals surface area contributed by atoms with Crippen LogP contribution in [0.4, 0.5) is 5.69 Å². The summed E-state index contributed by atoms with van der Waals surface area (Å²) < 4.78 is 12.0. The number of ether oxygens (including phenoxy) is 2. The van der Waals surface area contributed by atoms with Crippen molar-refractivity contribution in [3.05, 3.63) is 62.4 Å². The van der Waals surface area contributed by atoms with Gasteiger partial charge in [0.05, 0.1) is 19.8 Å². The highest BCUT2D eigenvalue weighted by Crippen LogP contribution is 2.23. The Morgan fingerprint density at radius 1 is 1.13 bits per heavy atom. The molecule has 0 bridgehead atoms. The van der Waals surface area contributed by atoms with Crippen LogP contribution in [0.2, 0.25) is 0 Å². The number of amides is 1. The first-order valence-electron chi connectivity index (χ1n) is 8.89. The number of hydrogen-bond acceptors (Lipinski definition) is 7. The topological polar surface area (TPSA) is 122 Å². The van der Waals surface area contributed by atoms with E-state index >= 15 is 0 Å². The summed E-state index contributed by atoms with van der Waals surface area (Å²) in [6.07, 6.45) is 1.51. The van der Waals surface area contributed by atoms with Gasteiger partial charge >= 0.3 is 11.7 Å². The van der Waals surface area contributed by atoms with Gasteiger partial charge in [-0.2, -0.15) is 0 Å². The molecule has 0 radical (unpaired) electrons. The number of nitrogens with zero attached hydrogens (tertiary/aromatic N) is 3. The van der Waals surface area contributed by atoms with Gasteiger partial charge in [-0.05, 0) is 31.2 Å². The van der Waals surface area contributed by atoms with Crippen molar-refractivity contribution in [2.45, 2.75) is 13.5 Å². The van der Waals surface area contributed by atoms with E-state index in [0.717, 1.165) is 4.57 Å². The van der Waals surface area contributed by atoms with E-state index in [1.807, 2.05) is 0 Å². The van der Waals surface area contributed by atoms with Crippen LogP contribution in [0.1, 0.15) is 15.9 Å². The first kappa shape index (κ1) is 20.8. The number of pyridine rings is 1. The molecule has 1 N–H and O–H groups in total. The van der Waals surface area contributed by atoms with Crippen molar-refractivity contribution in [3.63, 3.8) is 0 Å². The third-order valence-corrected chi connectivity index (χ3v) is 4.58. The summed E-state index contributed by atoms with van der Waals surface area (Å²) in [6.45, 7) is 1.22. The number of carbonyl (C=O) groups is 2. The number of hydrogen-bond donors (Lipinski definition) is 1. The van der Waals surface area contributed by atoms with E-state index in [0.29, 0.717) is 22.6 Å². The molecule has 0 atom stereocenters. The Balaban J connectivity index is 1.95. The highest BCUT2D eigenvalue weighted by molar-refractivity contribution is 5.93. The van der Waals surface area contributed by atoms with E-state index in [-0.39, 0.29) is 11.0 Å². The third kappa shape index (κ3) is 3.66. The minimum atomic E-state index is -0.679. The standard InChI is InChI=1S/C20H20N4O6/c1-11-9-21-17-15(16(11)29-3)18(26)24(20(28)23(17)2)10-14(25)22-13-7-5-12(6-8-13)19(27)30-4/h5-9H,10H2,1-4H3,(H,22,25). The molecule has 2 aromatic heterocycles. The molecule has 0 aliphatic rings. The highest BCUT2D eigenvalue weighted by atomic mass is 16.5. The number of fused-ring (bicyclic) bond motifs is 1. The maximum atomic E-state index is 13.0. The maximum Gasteiger partial charge on any atom is 0.337 e. The molecule has 0 unspecified atom stereocenters. The predicted octanol–water partition coefficient (Wildman–Crippen LogP) is 0.838. The van der Waals surface area contributed by atoms with Crippen molar-refractivity contribution in [2.24, 2.45) is 7.05 Å². The van der Waals surface area contributed by atoms with Crippen LogP contribution in [0.3, 0.4) is 0 Å². The second kappa shape index (κ2) is 8.19. The van der Waals surface area contributed by atoms with Gasteiger partial charge in [0.1, 0.15) is 17.7 Å². The van der Waals surface area contributed by atoms with Crippen molar-refractivity contribution >= 4 is 28.6 Å². The fourth-order valence-corrected chi connectivity index (χ4v) is 3.07. The SMILES string of the molecule is COC(=O)c1ccc(NC(=O)Cn2c(=O)c3c(OC)c(C)cnc3n(C)c2=O)cc1. The molecule has 2 heterocycles. The zero-order chi connectivity index (χ0) is 22.0. The molecule has 0 spiro atoms. The average molecular weight is 412 g/mol. The van der Waals surface area contributed by atoms with Crippen LogP contribution in [0.5, 0.6) is 5.75 Å². The number of aryl methyl sites for hydroxylation is 2. The van der Waals surface area contributed by atoms with Crippen LogP contribution in [-0.2, 0) is 23.1 Å². The number of esters is 1. The maximum absolute atomic E-state index is 13.0. The second-order valence-electron chi connectivity index (χ2n) is 6.52.